The Morgan fingerprint density at radius 3 is 2.33 bits per heavy atom. The summed E-state index contributed by atoms with van der Waals surface area (Å²) in [5.41, 5.74) is -0.190. The second kappa shape index (κ2) is 6.03. The molecule has 21 heavy (non-hydrogen) atoms. The van der Waals surface area contributed by atoms with Gasteiger partial charge in [0.05, 0.1) is 4.90 Å². The predicted octanol–water partition coefficient (Wildman–Crippen LogP) is 3.38. The zero-order chi connectivity index (χ0) is 15.6. The molecular formula is C14H9BrF2O3S. The largest absolute Gasteiger partial charge is 0.293 e. The highest BCUT2D eigenvalue weighted by atomic mass is 79.9. The SMILES string of the molecule is O=C(CS(=O)(=O)c1ccccc1Br)c1ccc(F)c(F)c1. The van der Waals surface area contributed by atoms with E-state index in [9.17, 15) is 22.0 Å². The molecule has 2 aromatic rings. The maximum atomic E-state index is 13.1. The van der Waals surface area contributed by atoms with Crippen LogP contribution in [0.2, 0.25) is 0 Å². The van der Waals surface area contributed by atoms with Crippen LogP contribution >= 0.6 is 15.9 Å². The van der Waals surface area contributed by atoms with Crippen molar-refractivity contribution in [2.75, 3.05) is 5.75 Å². The fourth-order valence-corrected chi connectivity index (χ4v) is 4.04. The van der Waals surface area contributed by atoms with Crippen molar-refractivity contribution in [1.29, 1.82) is 0 Å². The molecule has 0 spiro atoms. The third-order valence-corrected chi connectivity index (χ3v) is 5.36. The highest BCUT2D eigenvalue weighted by Gasteiger charge is 2.23. The van der Waals surface area contributed by atoms with Crippen molar-refractivity contribution in [2.45, 2.75) is 4.90 Å². The number of hydrogen-bond donors (Lipinski definition) is 0. The molecular weight excluding hydrogens is 366 g/mol. The van der Waals surface area contributed by atoms with E-state index in [0.29, 0.717) is 10.5 Å². The zero-order valence-corrected chi connectivity index (χ0v) is 12.9. The van der Waals surface area contributed by atoms with E-state index in [-0.39, 0.29) is 10.5 Å². The number of Topliss-reactive ketones (excluding diaryl/α,β-unsaturated/α-hetero) is 1. The molecule has 3 nitrogen and oxygen atoms in total. The summed E-state index contributed by atoms with van der Waals surface area (Å²) in [6.45, 7) is 0. The fourth-order valence-electron chi connectivity index (χ4n) is 1.70. The summed E-state index contributed by atoms with van der Waals surface area (Å²) in [5, 5.41) is 0. The van der Waals surface area contributed by atoms with Gasteiger partial charge in [-0.1, -0.05) is 12.1 Å². The minimum Gasteiger partial charge on any atom is -0.293 e. The van der Waals surface area contributed by atoms with Crippen molar-refractivity contribution < 1.29 is 22.0 Å². The first-order valence-electron chi connectivity index (χ1n) is 5.77. The monoisotopic (exact) mass is 374 g/mol. The number of carbonyl (C=O) groups excluding carboxylic acids is 1. The minimum absolute atomic E-state index is 0.0269. The van der Waals surface area contributed by atoms with E-state index < -0.39 is 33.0 Å². The maximum absolute atomic E-state index is 13.1. The Morgan fingerprint density at radius 1 is 1.05 bits per heavy atom. The first kappa shape index (κ1) is 15.8. The van der Waals surface area contributed by atoms with Crippen molar-refractivity contribution in [3.63, 3.8) is 0 Å². The lowest BCUT2D eigenvalue weighted by Gasteiger charge is -2.06. The molecule has 0 amide bonds. The first-order valence-corrected chi connectivity index (χ1v) is 8.21. The van der Waals surface area contributed by atoms with Gasteiger partial charge in [0.15, 0.2) is 27.3 Å². The summed E-state index contributed by atoms with van der Waals surface area (Å²) in [5.74, 6) is -3.91. The average molecular weight is 375 g/mol. The number of rotatable bonds is 4. The van der Waals surface area contributed by atoms with Crippen LogP contribution in [-0.4, -0.2) is 20.0 Å². The van der Waals surface area contributed by atoms with E-state index in [4.69, 9.17) is 0 Å². The molecule has 0 aliphatic heterocycles. The van der Waals surface area contributed by atoms with Gasteiger partial charge in [0.25, 0.3) is 0 Å². The number of ketones is 1. The zero-order valence-electron chi connectivity index (χ0n) is 10.5. The van der Waals surface area contributed by atoms with Gasteiger partial charge in [-0.25, -0.2) is 17.2 Å². The molecule has 0 aliphatic rings. The van der Waals surface area contributed by atoms with Crippen LogP contribution in [0, 0.1) is 11.6 Å². The molecule has 0 fully saturated rings. The Hall–Kier alpha value is -1.60. The number of carbonyl (C=O) groups is 1. The van der Waals surface area contributed by atoms with Gasteiger partial charge in [0, 0.05) is 10.0 Å². The van der Waals surface area contributed by atoms with Crippen LogP contribution in [0.5, 0.6) is 0 Å². The lowest BCUT2D eigenvalue weighted by Crippen LogP contribution is -2.17. The van der Waals surface area contributed by atoms with Crippen molar-refractivity contribution in [1.82, 2.24) is 0 Å². The van der Waals surface area contributed by atoms with Crippen LogP contribution in [0.25, 0.3) is 0 Å². The van der Waals surface area contributed by atoms with Crippen molar-refractivity contribution >= 4 is 31.6 Å². The van der Waals surface area contributed by atoms with E-state index in [2.05, 4.69) is 15.9 Å². The molecule has 110 valence electrons. The van der Waals surface area contributed by atoms with Gasteiger partial charge in [0.2, 0.25) is 0 Å². The lowest BCUT2D eigenvalue weighted by atomic mass is 10.1. The first-order chi connectivity index (χ1) is 9.81. The van der Waals surface area contributed by atoms with E-state index in [1.165, 1.54) is 18.2 Å². The van der Waals surface area contributed by atoms with Gasteiger partial charge in [-0.3, -0.25) is 4.79 Å². The maximum Gasteiger partial charge on any atom is 0.186 e. The number of benzene rings is 2. The molecule has 0 aliphatic carbocycles. The third kappa shape index (κ3) is 3.54. The van der Waals surface area contributed by atoms with Crippen LogP contribution in [-0.2, 0) is 9.84 Å². The van der Waals surface area contributed by atoms with Crippen LogP contribution in [0.3, 0.4) is 0 Å². The van der Waals surface area contributed by atoms with Crippen molar-refractivity contribution in [3.8, 4) is 0 Å². The second-order valence-corrected chi connectivity index (χ2v) is 7.05. The van der Waals surface area contributed by atoms with Crippen LogP contribution in [0.4, 0.5) is 8.78 Å². The van der Waals surface area contributed by atoms with Crippen molar-refractivity contribution in [3.05, 3.63) is 64.1 Å². The minimum atomic E-state index is -3.87. The lowest BCUT2D eigenvalue weighted by molar-refractivity contribution is 0.102. The van der Waals surface area contributed by atoms with Crippen LogP contribution < -0.4 is 0 Å². The predicted molar refractivity (Wildman–Crippen MR) is 76.9 cm³/mol. The summed E-state index contributed by atoms with van der Waals surface area (Å²) < 4.78 is 50.6. The molecule has 0 aromatic heterocycles. The Kier molecular flexibility index (Phi) is 4.53. The number of halogens is 3. The molecule has 0 atom stereocenters. The molecule has 0 heterocycles. The molecule has 0 bridgehead atoms. The quantitative estimate of drug-likeness (QED) is 0.770. The van der Waals surface area contributed by atoms with Crippen LogP contribution in [0.15, 0.2) is 51.8 Å². The van der Waals surface area contributed by atoms with Gasteiger partial charge in [-0.2, -0.15) is 0 Å². The molecule has 2 aromatic carbocycles. The highest BCUT2D eigenvalue weighted by molar-refractivity contribution is 9.10. The summed E-state index contributed by atoms with van der Waals surface area (Å²) in [4.78, 5) is 11.9. The Bertz CT molecular complexity index is 804. The number of hydrogen-bond acceptors (Lipinski definition) is 3. The van der Waals surface area contributed by atoms with E-state index in [0.717, 1.165) is 12.1 Å². The molecule has 2 rings (SSSR count). The van der Waals surface area contributed by atoms with E-state index >= 15 is 0 Å². The van der Waals surface area contributed by atoms with Gasteiger partial charge in [-0.15, -0.1) is 0 Å². The van der Waals surface area contributed by atoms with Gasteiger partial charge < -0.3 is 0 Å². The summed E-state index contributed by atoms with van der Waals surface area (Å²) >= 11 is 3.10. The average Bonchev–Trinajstić information content (AvgIpc) is 2.41. The van der Waals surface area contributed by atoms with E-state index in [1.54, 1.807) is 6.07 Å². The Labute approximate surface area is 128 Å². The molecule has 0 unspecified atom stereocenters. The smallest absolute Gasteiger partial charge is 0.186 e. The summed E-state index contributed by atoms with van der Waals surface area (Å²) in [6, 6.07) is 8.59. The van der Waals surface area contributed by atoms with Gasteiger partial charge >= 0.3 is 0 Å². The number of sulfone groups is 1. The standard InChI is InChI=1S/C14H9BrF2O3S/c15-10-3-1-2-4-14(10)21(19,20)8-13(18)9-5-6-11(16)12(17)7-9/h1-7H,8H2. The van der Waals surface area contributed by atoms with Crippen molar-refractivity contribution in [2.24, 2.45) is 0 Å². The Morgan fingerprint density at radius 2 is 1.71 bits per heavy atom. The van der Waals surface area contributed by atoms with Gasteiger partial charge in [0.1, 0.15) is 5.75 Å². The second-order valence-electron chi connectivity index (χ2n) is 4.24. The molecule has 7 heteroatoms. The molecule has 0 radical (unpaired) electrons. The van der Waals surface area contributed by atoms with Crippen LogP contribution in [0.1, 0.15) is 10.4 Å². The summed E-state index contributed by atoms with van der Waals surface area (Å²) in [6.07, 6.45) is 0. The molecule has 0 N–H and O–H groups in total. The molecule has 0 saturated carbocycles. The molecule has 0 saturated heterocycles. The topological polar surface area (TPSA) is 51.2 Å². The Balaban J connectivity index is 2.30. The fraction of sp³-hybridized carbons (Fsp3) is 0.0714. The third-order valence-electron chi connectivity index (χ3n) is 2.73. The normalized spacial score (nSPS) is 11.4. The summed E-state index contributed by atoms with van der Waals surface area (Å²) in [7, 11) is -3.87. The highest BCUT2D eigenvalue weighted by Crippen LogP contribution is 2.23. The van der Waals surface area contributed by atoms with Gasteiger partial charge in [-0.05, 0) is 46.3 Å². The van der Waals surface area contributed by atoms with E-state index in [1.807, 2.05) is 0 Å².